The van der Waals surface area contributed by atoms with Crippen molar-refractivity contribution >= 4 is 17.3 Å². The van der Waals surface area contributed by atoms with Crippen LogP contribution >= 0.6 is 0 Å². The molecule has 0 bridgehead atoms. The van der Waals surface area contributed by atoms with E-state index >= 15 is 0 Å². The van der Waals surface area contributed by atoms with Crippen LogP contribution in [0.5, 0.6) is 0 Å². The second kappa shape index (κ2) is 5.60. The first kappa shape index (κ1) is 14.5. The van der Waals surface area contributed by atoms with E-state index in [1.54, 1.807) is 0 Å². The molecule has 1 aromatic rings. The highest BCUT2D eigenvalue weighted by Crippen LogP contribution is 2.39. The number of hydrogen-bond acceptors (Lipinski definition) is 6. The zero-order valence-corrected chi connectivity index (χ0v) is 12.1. The van der Waals surface area contributed by atoms with Crippen LogP contribution in [0.3, 0.4) is 0 Å². The molecule has 1 fully saturated rings. The number of nitro groups is 1. The maximum absolute atomic E-state index is 11.3. The lowest BCUT2D eigenvalue weighted by Crippen LogP contribution is -2.20. The molecule has 1 saturated carbocycles. The summed E-state index contributed by atoms with van der Waals surface area (Å²) in [6.45, 7) is 6.88. The summed E-state index contributed by atoms with van der Waals surface area (Å²) >= 11 is 0. The molecule has 0 aromatic carbocycles. The molecule has 1 aliphatic carbocycles. The smallest absolute Gasteiger partial charge is 0.353 e. The van der Waals surface area contributed by atoms with Crippen LogP contribution in [0.25, 0.3) is 0 Å². The van der Waals surface area contributed by atoms with Crippen LogP contribution in [0, 0.1) is 15.5 Å². The second-order valence-electron chi connectivity index (χ2n) is 5.96. The molecular weight excluding hydrogens is 258 g/mol. The Hall–Kier alpha value is -1.92. The predicted molar refractivity (Wildman–Crippen MR) is 77.9 cm³/mol. The third kappa shape index (κ3) is 3.15. The van der Waals surface area contributed by atoms with Gasteiger partial charge in [-0.3, -0.25) is 10.1 Å². The van der Waals surface area contributed by atoms with Crippen molar-refractivity contribution in [2.45, 2.75) is 46.1 Å². The normalized spacial score (nSPS) is 20.6. The van der Waals surface area contributed by atoms with Crippen LogP contribution in [0.1, 0.15) is 40.0 Å². The van der Waals surface area contributed by atoms with E-state index < -0.39 is 4.92 Å². The first-order valence-electron chi connectivity index (χ1n) is 6.93. The fourth-order valence-electron chi connectivity index (χ4n) is 2.71. The summed E-state index contributed by atoms with van der Waals surface area (Å²) in [4.78, 5) is 18.8. The van der Waals surface area contributed by atoms with Gasteiger partial charge in [-0.05, 0) is 31.6 Å². The molecule has 1 aromatic heterocycles. The van der Waals surface area contributed by atoms with Gasteiger partial charge in [0.05, 0.1) is 4.92 Å². The second-order valence-corrected chi connectivity index (χ2v) is 5.96. The van der Waals surface area contributed by atoms with Gasteiger partial charge in [0.2, 0.25) is 11.6 Å². The monoisotopic (exact) mass is 279 g/mol. The van der Waals surface area contributed by atoms with Crippen LogP contribution in [0.15, 0.2) is 6.33 Å². The molecule has 7 nitrogen and oxygen atoms in total. The van der Waals surface area contributed by atoms with Crippen molar-refractivity contribution in [1.29, 1.82) is 0 Å². The molecule has 1 atom stereocenters. The summed E-state index contributed by atoms with van der Waals surface area (Å²) in [7, 11) is 0. The SMILES string of the molecule is CCNc1ncnc(NC2CCC(C)(C)C2)c1[N+](=O)[O-]. The maximum Gasteiger partial charge on any atom is 0.353 e. The Morgan fingerprint density at radius 2 is 2.15 bits per heavy atom. The van der Waals surface area contributed by atoms with E-state index in [-0.39, 0.29) is 23.0 Å². The quantitative estimate of drug-likeness (QED) is 0.636. The van der Waals surface area contributed by atoms with E-state index in [0.29, 0.717) is 12.4 Å². The molecule has 1 heterocycles. The molecule has 1 aliphatic rings. The molecular formula is C13H21N5O2. The topological polar surface area (TPSA) is 93.0 Å². The molecule has 2 N–H and O–H groups in total. The highest BCUT2D eigenvalue weighted by atomic mass is 16.6. The van der Waals surface area contributed by atoms with Gasteiger partial charge in [0.25, 0.3) is 0 Å². The maximum atomic E-state index is 11.3. The molecule has 1 unspecified atom stereocenters. The minimum Gasteiger partial charge on any atom is -0.364 e. The lowest BCUT2D eigenvalue weighted by Gasteiger charge is -2.18. The lowest BCUT2D eigenvalue weighted by atomic mass is 9.92. The van der Waals surface area contributed by atoms with Crippen molar-refractivity contribution in [3.63, 3.8) is 0 Å². The van der Waals surface area contributed by atoms with E-state index in [1.807, 2.05) is 6.92 Å². The highest BCUT2D eigenvalue weighted by molar-refractivity contribution is 5.69. The van der Waals surface area contributed by atoms with Crippen molar-refractivity contribution in [2.75, 3.05) is 17.2 Å². The lowest BCUT2D eigenvalue weighted by molar-refractivity contribution is -0.383. The fourth-order valence-corrected chi connectivity index (χ4v) is 2.71. The van der Waals surface area contributed by atoms with Crippen LogP contribution in [-0.2, 0) is 0 Å². The number of rotatable bonds is 5. The first-order chi connectivity index (χ1) is 9.43. The van der Waals surface area contributed by atoms with Crippen LogP contribution < -0.4 is 10.6 Å². The van der Waals surface area contributed by atoms with Crippen molar-refractivity contribution < 1.29 is 4.92 Å². The van der Waals surface area contributed by atoms with Gasteiger partial charge in [0.1, 0.15) is 6.33 Å². The van der Waals surface area contributed by atoms with Crippen LogP contribution in [0.4, 0.5) is 17.3 Å². The third-order valence-corrected chi connectivity index (χ3v) is 3.66. The van der Waals surface area contributed by atoms with Gasteiger partial charge in [-0.25, -0.2) is 9.97 Å². The average molecular weight is 279 g/mol. The van der Waals surface area contributed by atoms with Crippen LogP contribution in [0.2, 0.25) is 0 Å². The van der Waals surface area contributed by atoms with Gasteiger partial charge in [-0.1, -0.05) is 13.8 Å². The van der Waals surface area contributed by atoms with Gasteiger partial charge in [0.15, 0.2) is 0 Å². The molecule has 0 radical (unpaired) electrons. The minimum absolute atomic E-state index is 0.0703. The number of aromatic nitrogens is 2. The molecule has 2 rings (SSSR count). The minimum atomic E-state index is -0.430. The Labute approximate surface area is 118 Å². The Kier molecular flexibility index (Phi) is 4.06. The third-order valence-electron chi connectivity index (χ3n) is 3.66. The summed E-state index contributed by atoms with van der Waals surface area (Å²) in [6.07, 6.45) is 4.46. The Balaban J connectivity index is 2.23. The summed E-state index contributed by atoms with van der Waals surface area (Å²) in [5.74, 6) is 0.580. The van der Waals surface area contributed by atoms with E-state index in [2.05, 4.69) is 34.4 Å². The molecule has 0 amide bonds. The molecule has 20 heavy (non-hydrogen) atoms. The van der Waals surface area contributed by atoms with Gasteiger partial charge in [0, 0.05) is 12.6 Å². The fraction of sp³-hybridized carbons (Fsp3) is 0.692. The van der Waals surface area contributed by atoms with E-state index in [4.69, 9.17) is 0 Å². The number of nitrogens with one attached hydrogen (secondary N) is 2. The van der Waals surface area contributed by atoms with Crippen LogP contribution in [-0.4, -0.2) is 27.5 Å². The van der Waals surface area contributed by atoms with Gasteiger partial charge in [-0.2, -0.15) is 0 Å². The van der Waals surface area contributed by atoms with Crippen molar-refractivity contribution in [1.82, 2.24) is 9.97 Å². The zero-order chi connectivity index (χ0) is 14.8. The summed E-state index contributed by atoms with van der Waals surface area (Å²) in [6, 6.07) is 0.230. The number of anilines is 2. The summed E-state index contributed by atoms with van der Waals surface area (Å²) in [5, 5.41) is 17.4. The summed E-state index contributed by atoms with van der Waals surface area (Å²) < 4.78 is 0. The van der Waals surface area contributed by atoms with Gasteiger partial charge >= 0.3 is 5.69 Å². The Morgan fingerprint density at radius 1 is 1.45 bits per heavy atom. The molecule has 7 heteroatoms. The highest BCUT2D eigenvalue weighted by Gasteiger charge is 2.33. The number of nitrogens with zero attached hydrogens (tertiary/aromatic N) is 3. The van der Waals surface area contributed by atoms with Crippen molar-refractivity contribution in [2.24, 2.45) is 5.41 Å². The molecule has 0 spiro atoms. The molecule has 110 valence electrons. The van der Waals surface area contributed by atoms with E-state index in [9.17, 15) is 10.1 Å². The standard InChI is InChI=1S/C13H21N5O2/c1-4-14-11-10(18(19)20)12(16-8-15-11)17-9-5-6-13(2,3)7-9/h8-9H,4-7H2,1-3H3,(H2,14,15,16,17). The van der Waals surface area contributed by atoms with Crippen molar-refractivity contribution in [3.05, 3.63) is 16.4 Å². The average Bonchev–Trinajstić information content (AvgIpc) is 2.69. The van der Waals surface area contributed by atoms with Crippen molar-refractivity contribution in [3.8, 4) is 0 Å². The van der Waals surface area contributed by atoms with E-state index in [1.165, 1.54) is 6.33 Å². The van der Waals surface area contributed by atoms with E-state index in [0.717, 1.165) is 19.3 Å². The largest absolute Gasteiger partial charge is 0.364 e. The molecule has 0 saturated heterocycles. The summed E-state index contributed by atoms with van der Waals surface area (Å²) in [5.41, 5.74) is 0.211. The molecule has 0 aliphatic heterocycles. The van der Waals surface area contributed by atoms with Gasteiger partial charge in [-0.15, -0.1) is 0 Å². The Morgan fingerprint density at radius 3 is 2.70 bits per heavy atom. The zero-order valence-electron chi connectivity index (χ0n) is 12.1. The predicted octanol–water partition coefficient (Wildman–Crippen LogP) is 2.81. The number of hydrogen-bond donors (Lipinski definition) is 2. The van der Waals surface area contributed by atoms with Gasteiger partial charge < -0.3 is 10.6 Å². The Bertz CT molecular complexity index is 504. The first-order valence-corrected chi connectivity index (χ1v) is 6.93.